The number of amides is 1. The van der Waals surface area contributed by atoms with Crippen molar-refractivity contribution in [3.8, 4) is 11.3 Å². The van der Waals surface area contributed by atoms with Gasteiger partial charge >= 0.3 is 0 Å². The fourth-order valence-corrected chi connectivity index (χ4v) is 3.15. The summed E-state index contributed by atoms with van der Waals surface area (Å²) in [7, 11) is 0. The maximum Gasteiger partial charge on any atom is 0.266 e. The molecular weight excluding hydrogens is 368 g/mol. The molecule has 0 fully saturated rings. The molecule has 7 heteroatoms. The van der Waals surface area contributed by atoms with Crippen LogP contribution in [0.25, 0.3) is 22.4 Å². The number of hydrogen-bond donors (Lipinski definition) is 1. The normalized spacial score (nSPS) is 10.9. The van der Waals surface area contributed by atoms with Crippen molar-refractivity contribution in [2.24, 2.45) is 0 Å². The SMILES string of the molecule is Cc1ccccc1CNC(=O)CCn1cnc2onc(-c3ccccc3)c2c1=O. The van der Waals surface area contributed by atoms with Crippen molar-refractivity contribution in [2.75, 3.05) is 0 Å². The van der Waals surface area contributed by atoms with Crippen LogP contribution in [0.4, 0.5) is 0 Å². The van der Waals surface area contributed by atoms with Crippen molar-refractivity contribution >= 4 is 17.0 Å². The van der Waals surface area contributed by atoms with Crippen molar-refractivity contribution in [1.82, 2.24) is 20.0 Å². The van der Waals surface area contributed by atoms with Crippen molar-refractivity contribution in [1.29, 1.82) is 0 Å². The van der Waals surface area contributed by atoms with E-state index in [-0.39, 0.29) is 30.1 Å². The fourth-order valence-electron chi connectivity index (χ4n) is 3.15. The molecule has 0 aliphatic heterocycles. The largest absolute Gasteiger partial charge is 0.352 e. The van der Waals surface area contributed by atoms with E-state index in [1.54, 1.807) is 0 Å². The molecule has 1 N–H and O–H groups in total. The minimum atomic E-state index is -0.276. The van der Waals surface area contributed by atoms with Gasteiger partial charge in [-0.3, -0.25) is 14.2 Å². The summed E-state index contributed by atoms with van der Waals surface area (Å²) in [6.07, 6.45) is 1.56. The van der Waals surface area contributed by atoms with Gasteiger partial charge in [0.05, 0.1) is 0 Å². The van der Waals surface area contributed by atoms with Crippen LogP contribution in [0, 0.1) is 6.92 Å². The van der Waals surface area contributed by atoms with Crippen LogP contribution in [0.2, 0.25) is 0 Å². The summed E-state index contributed by atoms with van der Waals surface area (Å²) in [5, 5.41) is 7.22. The molecule has 0 bridgehead atoms. The Morgan fingerprint density at radius 3 is 2.66 bits per heavy atom. The van der Waals surface area contributed by atoms with Gasteiger partial charge in [-0.25, -0.2) is 4.98 Å². The van der Waals surface area contributed by atoms with E-state index in [1.165, 1.54) is 10.9 Å². The Bertz CT molecular complexity index is 1210. The molecule has 29 heavy (non-hydrogen) atoms. The first kappa shape index (κ1) is 18.6. The summed E-state index contributed by atoms with van der Waals surface area (Å²) in [6, 6.07) is 17.2. The Hall–Kier alpha value is -3.74. The highest BCUT2D eigenvalue weighted by Crippen LogP contribution is 2.23. The number of rotatable bonds is 6. The minimum Gasteiger partial charge on any atom is -0.352 e. The zero-order chi connectivity index (χ0) is 20.2. The number of nitrogens with one attached hydrogen (secondary N) is 1. The molecule has 0 spiro atoms. The molecule has 0 saturated heterocycles. The first-order valence-corrected chi connectivity index (χ1v) is 9.35. The average Bonchev–Trinajstić information content (AvgIpc) is 3.18. The lowest BCUT2D eigenvalue weighted by molar-refractivity contribution is -0.121. The van der Waals surface area contributed by atoms with Crippen LogP contribution in [0.15, 0.2) is 70.2 Å². The summed E-state index contributed by atoms with van der Waals surface area (Å²) in [4.78, 5) is 29.3. The zero-order valence-corrected chi connectivity index (χ0v) is 16.0. The van der Waals surface area contributed by atoms with Gasteiger partial charge in [-0.05, 0) is 18.1 Å². The van der Waals surface area contributed by atoms with Gasteiger partial charge in [-0.15, -0.1) is 0 Å². The number of nitrogens with zero attached hydrogens (tertiary/aromatic N) is 3. The minimum absolute atomic E-state index is 0.131. The Labute approximate surface area is 167 Å². The first-order chi connectivity index (χ1) is 14.1. The highest BCUT2D eigenvalue weighted by atomic mass is 16.5. The Kier molecular flexibility index (Phi) is 5.20. The summed E-state index contributed by atoms with van der Waals surface area (Å²) >= 11 is 0. The molecule has 2 aromatic heterocycles. The Morgan fingerprint density at radius 1 is 1.10 bits per heavy atom. The highest BCUT2D eigenvalue weighted by molar-refractivity contribution is 5.88. The summed E-state index contributed by atoms with van der Waals surface area (Å²) < 4.78 is 6.63. The quantitative estimate of drug-likeness (QED) is 0.548. The number of aromatic nitrogens is 3. The van der Waals surface area contributed by atoms with Crippen LogP contribution in [-0.2, 0) is 17.9 Å². The molecule has 146 valence electrons. The summed E-state index contributed by atoms with van der Waals surface area (Å²) in [6.45, 7) is 2.69. The van der Waals surface area contributed by atoms with Gasteiger partial charge in [0.2, 0.25) is 5.91 Å². The van der Waals surface area contributed by atoms with Gasteiger partial charge in [-0.2, -0.15) is 0 Å². The van der Waals surface area contributed by atoms with Crippen LogP contribution >= 0.6 is 0 Å². The third kappa shape index (κ3) is 3.94. The van der Waals surface area contributed by atoms with Gasteiger partial charge < -0.3 is 9.84 Å². The van der Waals surface area contributed by atoms with E-state index < -0.39 is 0 Å². The standard InChI is InChI=1S/C22H20N4O3/c1-15-7-5-6-10-17(15)13-23-18(27)11-12-26-14-24-21-19(22(26)28)20(25-29-21)16-8-3-2-4-9-16/h2-10,14H,11-13H2,1H3,(H,23,27). The molecule has 0 aliphatic carbocycles. The van der Waals surface area contributed by atoms with Gasteiger partial charge in [-0.1, -0.05) is 59.8 Å². The summed E-state index contributed by atoms with van der Waals surface area (Å²) in [5.74, 6) is -0.131. The van der Waals surface area contributed by atoms with E-state index in [1.807, 2.05) is 61.5 Å². The second-order valence-corrected chi connectivity index (χ2v) is 6.77. The van der Waals surface area contributed by atoms with Gasteiger partial charge in [0.1, 0.15) is 17.4 Å². The number of benzene rings is 2. The number of aryl methyl sites for hydroxylation is 2. The monoisotopic (exact) mass is 388 g/mol. The van der Waals surface area contributed by atoms with Crippen LogP contribution in [0.1, 0.15) is 17.5 Å². The first-order valence-electron chi connectivity index (χ1n) is 9.35. The molecule has 2 aromatic carbocycles. The molecule has 4 rings (SSSR count). The fraction of sp³-hybridized carbons (Fsp3) is 0.182. The number of fused-ring (bicyclic) bond motifs is 1. The van der Waals surface area contributed by atoms with Crippen molar-refractivity contribution in [3.63, 3.8) is 0 Å². The van der Waals surface area contributed by atoms with Gasteiger partial charge in [0, 0.05) is 25.1 Å². The molecule has 0 atom stereocenters. The molecule has 2 heterocycles. The molecular formula is C22H20N4O3. The predicted molar refractivity (Wildman–Crippen MR) is 109 cm³/mol. The second-order valence-electron chi connectivity index (χ2n) is 6.77. The Morgan fingerprint density at radius 2 is 1.86 bits per heavy atom. The highest BCUT2D eigenvalue weighted by Gasteiger charge is 2.17. The molecule has 0 unspecified atom stereocenters. The number of hydrogen-bond acceptors (Lipinski definition) is 5. The van der Waals surface area contributed by atoms with E-state index in [0.717, 1.165) is 16.7 Å². The van der Waals surface area contributed by atoms with Crippen molar-refractivity contribution in [2.45, 2.75) is 26.4 Å². The molecule has 7 nitrogen and oxygen atoms in total. The van der Waals surface area contributed by atoms with Crippen LogP contribution in [-0.4, -0.2) is 20.6 Å². The smallest absolute Gasteiger partial charge is 0.266 e. The van der Waals surface area contributed by atoms with Crippen LogP contribution < -0.4 is 10.9 Å². The van der Waals surface area contributed by atoms with Crippen LogP contribution in [0.3, 0.4) is 0 Å². The molecule has 0 radical (unpaired) electrons. The zero-order valence-electron chi connectivity index (χ0n) is 16.0. The second kappa shape index (κ2) is 8.10. The van der Waals surface area contributed by atoms with E-state index in [2.05, 4.69) is 15.5 Å². The third-order valence-corrected chi connectivity index (χ3v) is 4.83. The summed E-state index contributed by atoms with van der Waals surface area (Å²) in [5.41, 5.74) is 3.34. The van der Waals surface area contributed by atoms with Gasteiger partial charge in [0.15, 0.2) is 0 Å². The molecule has 1 amide bonds. The maximum absolute atomic E-state index is 12.9. The van der Waals surface area contributed by atoms with E-state index in [9.17, 15) is 9.59 Å². The lowest BCUT2D eigenvalue weighted by Crippen LogP contribution is -2.27. The Balaban J connectivity index is 1.48. The number of carbonyl (C=O) groups is 1. The van der Waals surface area contributed by atoms with E-state index >= 15 is 0 Å². The van der Waals surface area contributed by atoms with E-state index in [0.29, 0.717) is 17.6 Å². The van der Waals surface area contributed by atoms with Crippen molar-refractivity contribution < 1.29 is 9.32 Å². The predicted octanol–water partition coefficient (Wildman–Crippen LogP) is 3.07. The number of carbonyl (C=O) groups excluding carboxylic acids is 1. The lowest BCUT2D eigenvalue weighted by atomic mass is 10.1. The molecule has 4 aromatic rings. The third-order valence-electron chi connectivity index (χ3n) is 4.83. The molecule has 0 saturated carbocycles. The van der Waals surface area contributed by atoms with Crippen LogP contribution in [0.5, 0.6) is 0 Å². The van der Waals surface area contributed by atoms with Crippen molar-refractivity contribution in [3.05, 3.63) is 82.4 Å². The average molecular weight is 388 g/mol. The topological polar surface area (TPSA) is 90.0 Å². The molecule has 0 aliphatic rings. The van der Waals surface area contributed by atoms with Gasteiger partial charge in [0.25, 0.3) is 11.3 Å². The maximum atomic E-state index is 12.9. The van der Waals surface area contributed by atoms with E-state index in [4.69, 9.17) is 4.52 Å². The lowest BCUT2D eigenvalue weighted by Gasteiger charge is -2.09.